The van der Waals surface area contributed by atoms with Crippen molar-refractivity contribution >= 4 is 27.3 Å². The first kappa shape index (κ1) is 16.8. The molecule has 11 heteroatoms. The molecule has 1 unspecified atom stereocenters. The summed E-state index contributed by atoms with van der Waals surface area (Å²) in [5, 5.41) is 10.6. The highest BCUT2D eigenvalue weighted by molar-refractivity contribution is 7.89. The number of benzene rings is 1. The average Bonchev–Trinajstić information content (AvgIpc) is 2.35. The van der Waals surface area contributed by atoms with E-state index in [2.05, 4.69) is 10.1 Å². The molecule has 0 aromatic heterocycles. The molecule has 0 saturated heterocycles. The van der Waals surface area contributed by atoms with Gasteiger partial charge in [0.2, 0.25) is 15.9 Å². The number of nitrogens with two attached hydrogens (primary N) is 2. The lowest BCUT2D eigenvalue weighted by molar-refractivity contribution is -0.384. The van der Waals surface area contributed by atoms with Crippen LogP contribution in [-0.4, -0.2) is 25.3 Å². The number of hydrogen-bond donors (Lipinski definition) is 4. The predicted octanol–water partition coefficient (Wildman–Crippen LogP) is -0.577. The van der Waals surface area contributed by atoms with Gasteiger partial charge in [0.1, 0.15) is 4.90 Å². The van der Waals surface area contributed by atoms with Gasteiger partial charge in [-0.15, -0.1) is 0 Å². The van der Waals surface area contributed by atoms with E-state index in [0.717, 1.165) is 18.2 Å². The minimum absolute atomic E-state index is 0.136. The second-order valence-corrected chi connectivity index (χ2v) is 5.96. The van der Waals surface area contributed by atoms with E-state index < -0.39 is 26.9 Å². The van der Waals surface area contributed by atoms with Gasteiger partial charge in [-0.3, -0.25) is 20.8 Å². The lowest BCUT2D eigenvalue weighted by atomic mass is 10.2. The largest absolute Gasteiger partial charge is 0.370 e. The quantitative estimate of drug-likeness (QED) is 0.296. The van der Waals surface area contributed by atoms with Gasteiger partial charge >= 0.3 is 0 Å². The SMILES string of the molecule is CC(CC(N)=O)NS(=O)(=O)c1ccc([N+](=O)[O-])cc1NN. The molecule has 1 atom stereocenters. The van der Waals surface area contributed by atoms with Crippen molar-refractivity contribution in [1.29, 1.82) is 0 Å². The maximum atomic E-state index is 12.2. The van der Waals surface area contributed by atoms with Crippen molar-refractivity contribution in [3.63, 3.8) is 0 Å². The van der Waals surface area contributed by atoms with Crippen molar-refractivity contribution in [1.82, 2.24) is 4.72 Å². The molecule has 1 rings (SSSR count). The Balaban J connectivity index is 3.13. The van der Waals surface area contributed by atoms with Gasteiger partial charge in [0, 0.05) is 24.6 Å². The molecule has 0 spiro atoms. The maximum absolute atomic E-state index is 12.2. The van der Waals surface area contributed by atoms with E-state index in [1.165, 1.54) is 6.92 Å². The highest BCUT2D eigenvalue weighted by atomic mass is 32.2. The van der Waals surface area contributed by atoms with Crippen LogP contribution in [0.1, 0.15) is 13.3 Å². The topological polar surface area (TPSA) is 170 Å². The van der Waals surface area contributed by atoms with Crippen LogP contribution in [0.5, 0.6) is 0 Å². The summed E-state index contributed by atoms with van der Waals surface area (Å²) in [6.45, 7) is 1.46. The van der Waals surface area contributed by atoms with E-state index in [1.807, 2.05) is 0 Å². The number of nitrogen functional groups attached to an aromatic ring is 1. The Morgan fingerprint density at radius 1 is 1.48 bits per heavy atom. The van der Waals surface area contributed by atoms with Crippen molar-refractivity contribution < 1.29 is 18.1 Å². The zero-order valence-corrected chi connectivity index (χ0v) is 11.9. The Bertz CT molecular complexity index is 660. The first-order chi connectivity index (χ1) is 9.67. The number of nitro groups is 1. The fourth-order valence-corrected chi connectivity index (χ4v) is 3.05. The number of carbonyl (C=O) groups excluding carboxylic acids is 1. The molecule has 1 amide bonds. The van der Waals surface area contributed by atoms with Gasteiger partial charge in [-0.2, -0.15) is 0 Å². The standard InChI is InChI=1S/C10H15N5O5S/c1-6(4-10(11)16)14-21(19,20)9-3-2-7(15(17)18)5-8(9)13-12/h2-3,5-6,13-14H,4,12H2,1H3,(H2,11,16). The van der Waals surface area contributed by atoms with Gasteiger partial charge in [0.25, 0.3) is 5.69 Å². The predicted molar refractivity (Wildman–Crippen MR) is 74.5 cm³/mol. The van der Waals surface area contributed by atoms with E-state index in [-0.39, 0.29) is 22.7 Å². The molecule has 0 aliphatic heterocycles. The van der Waals surface area contributed by atoms with Gasteiger partial charge < -0.3 is 11.2 Å². The van der Waals surface area contributed by atoms with Crippen LogP contribution < -0.4 is 21.7 Å². The second-order valence-electron chi connectivity index (χ2n) is 4.27. The number of rotatable bonds is 7. The molecule has 10 nitrogen and oxygen atoms in total. The number of hydrogen-bond acceptors (Lipinski definition) is 7. The fraction of sp³-hybridized carbons (Fsp3) is 0.300. The maximum Gasteiger partial charge on any atom is 0.271 e. The third-order valence-corrected chi connectivity index (χ3v) is 4.13. The number of nitrogens with one attached hydrogen (secondary N) is 2. The molecule has 21 heavy (non-hydrogen) atoms. The van der Waals surface area contributed by atoms with Gasteiger partial charge in [0.15, 0.2) is 0 Å². The highest BCUT2D eigenvalue weighted by Crippen LogP contribution is 2.25. The third kappa shape index (κ3) is 4.37. The lowest BCUT2D eigenvalue weighted by Crippen LogP contribution is -2.36. The summed E-state index contributed by atoms with van der Waals surface area (Å²) in [6.07, 6.45) is -0.183. The van der Waals surface area contributed by atoms with E-state index in [1.54, 1.807) is 0 Å². The molecular weight excluding hydrogens is 302 g/mol. The molecular formula is C10H15N5O5S. The average molecular weight is 317 g/mol. The molecule has 1 aromatic carbocycles. The van der Waals surface area contributed by atoms with Crippen LogP contribution in [0.25, 0.3) is 0 Å². The lowest BCUT2D eigenvalue weighted by Gasteiger charge is -2.14. The normalized spacial score (nSPS) is 12.7. The summed E-state index contributed by atoms with van der Waals surface area (Å²) in [5.74, 6) is 4.53. The van der Waals surface area contributed by atoms with Crippen molar-refractivity contribution in [2.24, 2.45) is 11.6 Å². The van der Waals surface area contributed by atoms with Crippen LogP contribution >= 0.6 is 0 Å². The van der Waals surface area contributed by atoms with Gasteiger partial charge in [-0.25, -0.2) is 13.1 Å². The number of primary amides is 1. The van der Waals surface area contributed by atoms with Gasteiger partial charge in [-0.1, -0.05) is 0 Å². The van der Waals surface area contributed by atoms with Crippen LogP contribution in [0, 0.1) is 10.1 Å². The number of nitrogens with zero attached hydrogens (tertiary/aromatic N) is 1. The third-order valence-electron chi connectivity index (χ3n) is 2.48. The number of nitro benzene ring substituents is 1. The van der Waals surface area contributed by atoms with Crippen LogP contribution in [0.15, 0.2) is 23.1 Å². The van der Waals surface area contributed by atoms with Gasteiger partial charge in [-0.05, 0) is 13.0 Å². The first-order valence-corrected chi connectivity index (χ1v) is 7.21. The number of amides is 1. The molecule has 0 aliphatic carbocycles. The Morgan fingerprint density at radius 2 is 2.10 bits per heavy atom. The molecule has 6 N–H and O–H groups in total. The van der Waals surface area contributed by atoms with E-state index in [0.29, 0.717) is 0 Å². The summed E-state index contributed by atoms with van der Waals surface area (Å²) in [7, 11) is -4.01. The van der Waals surface area contributed by atoms with Crippen LogP contribution in [0.3, 0.4) is 0 Å². The number of carbonyl (C=O) groups is 1. The molecule has 0 heterocycles. The summed E-state index contributed by atoms with van der Waals surface area (Å²) < 4.78 is 26.5. The van der Waals surface area contributed by atoms with Gasteiger partial charge in [0.05, 0.1) is 10.6 Å². The molecule has 116 valence electrons. The highest BCUT2D eigenvalue weighted by Gasteiger charge is 2.23. The smallest absolute Gasteiger partial charge is 0.271 e. The first-order valence-electron chi connectivity index (χ1n) is 5.73. The Labute approximate surface area is 120 Å². The number of sulfonamides is 1. The Kier molecular flexibility index (Phi) is 5.18. The number of hydrazine groups is 1. The molecule has 0 saturated carbocycles. The summed E-state index contributed by atoms with van der Waals surface area (Å²) in [5.41, 5.74) is 6.63. The van der Waals surface area contributed by atoms with E-state index in [9.17, 15) is 23.3 Å². The number of non-ortho nitro benzene ring substituents is 1. The zero-order valence-electron chi connectivity index (χ0n) is 11.1. The molecule has 0 radical (unpaired) electrons. The monoisotopic (exact) mass is 317 g/mol. The fourth-order valence-electron chi connectivity index (χ4n) is 1.65. The molecule has 1 aromatic rings. The van der Waals surface area contributed by atoms with Crippen molar-refractivity contribution in [2.75, 3.05) is 5.43 Å². The van der Waals surface area contributed by atoms with Crippen LogP contribution in [-0.2, 0) is 14.8 Å². The Hall–Kier alpha value is -2.24. The van der Waals surface area contributed by atoms with Crippen LogP contribution in [0.4, 0.5) is 11.4 Å². The van der Waals surface area contributed by atoms with Crippen molar-refractivity contribution in [2.45, 2.75) is 24.3 Å². The molecule has 0 fully saturated rings. The van der Waals surface area contributed by atoms with E-state index >= 15 is 0 Å². The minimum Gasteiger partial charge on any atom is -0.370 e. The molecule has 0 aliphatic rings. The van der Waals surface area contributed by atoms with Crippen molar-refractivity contribution in [3.05, 3.63) is 28.3 Å². The summed E-state index contributed by atoms with van der Waals surface area (Å²) in [6, 6.07) is 2.35. The minimum atomic E-state index is -4.01. The second kappa shape index (κ2) is 6.47. The summed E-state index contributed by atoms with van der Waals surface area (Å²) >= 11 is 0. The van der Waals surface area contributed by atoms with Crippen LogP contribution in [0.2, 0.25) is 0 Å². The Morgan fingerprint density at radius 3 is 2.57 bits per heavy atom. The van der Waals surface area contributed by atoms with E-state index in [4.69, 9.17) is 11.6 Å². The summed E-state index contributed by atoms with van der Waals surface area (Å²) in [4.78, 5) is 20.5. The van der Waals surface area contributed by atoms with Crippen molar-refractivity contribution in [3.8, 4) is 0 Å². The number of anilines is 1. The molecule has 0 bridgehead atoms. The zero-order chi connectivity index (χ0) is 16.2.